The van der Waals surface area contributed by atoms with Crippen molar-refractivity contribution in [3.8, 4) is 0 Å². The molecule has 1 unspecified atom stereocenters. The van der Waals surface area contributed by atoms with Crippen molar-refractivity contribution in [2.75, 3.05) is 0 Å². The molecule has 1 N–H and O–H groups in total. The van der Waals surface area contributed by atoms with Gasteiger partial charge >= 0.3 is 6.18 Å². The van der Waals surface area contributed by atoms with Gasteiger partial charge in [-0.25, -0.2) is 0 Å². The minimum atomic E-state index is -4.29. The van der Waals surface area contributed by atoms with Crippen LogP contribution in [0, 0.1) is 0 Å². The Morgan fingerprint density at radius 1 is 1.22 bits per heavy atom. The van der Waals surface area contributed by atoms with E-state index in [0.717, 1.165) is 23.2 Å². The summed E-state index contributed by atoms with van der Waals surface area (Å²) in [6.07, 6.45) is -6.02. The van der Waals surface area contributed by atoms with Gasteiger partial charge in [0.1, 0.15) is 0 Å². The molecule has 0 amide bonds. The maximum absolute atomic E-state index is 12.2. The summed E-state index contributed by atoms with van der Waals surface area (Å²) in [7, 11) is 0. The molecule has 0 aliphatic carbocycles. The van der Waals surface area contributed by atoms with Crippen molar-refractivity contribution in [1.29, 1.82) is 0 Å². The molecule has 1 aromatic heterocycles. The largest absolute Gasteiger partial charge is 0.414 e. The molecule has 1 rings (SSSR count). The van der Waals surface area contributed by atoms with Crippen LogP contribution in [0.15, 0.2) is 12.1 Å². The molecule has 6 heteroatoms. The van der Waals surface area contributed by atoms with Crippen LogP contribution in [0.3, 0.4) is 0 Å². The summed E-state index contributed by atoms with van der Waals surface area (Å²) in [4.78, 5) is 1.91. The van der Waals surface area contributed by atoms with Crippen LogP contribution in [-0.2, 0) is 17.9 Å². The van der Waals surface area contributed by atoms with Crippen LogP contribution in [-0.4, -0.2) is 18.3 Å². The third-order valence-corrected chi connectivity index (χ3v) is 3.40. The first-order chi connectivity index (χ1) is 8.29. The molecule has 0 fully saturated rings. The molecule has 0 saturated carbocycles. The average Bonchev–Trinajstić information content (AvgIpc) is 2.69. The van der Waals surface area contributed by atoms with E-state index in [1.165, 1.54) is 11.3 Å². The normalized spacial score (nSPS) is 14.2. The molecule has 18 heavy (non-hydrogen) atoms. The fourth-order valence-corrected chi connectivity index (χ4v) is 2.09. The maximum atomic E-state index is 12.2. The number of rotatable bonds is 6. The number of hydrogen-bond acceptors (Lipinski definition) is 3. The van der Waals surface area contributed by atoms with E-state index in [0.29, 0.717) is 6.04 Å². The summed E-state index contributed by atoms with van der Waals surface area (Å²) < 4.78 is 41.5. The molecule has 0 spiro atoms. The number of ether oxygens (including phenoxy) is 1. The van der Waals surface area contributed by atoms with Gasteiger partial charge in [0.05, 0.1) is 6.61 Å². The van der Waals surface area contributed by atoms with Gasteiger partial charge in [-0.15, -0.1) is 11.3 Å². The van der Waals surface area contributed by atoms with E-state index >= 15 is 0 Å². The zero-order valence-corrected chi connectivity index (χ0v) is 11.5. The van der Waals surface area contributed by atoms with Crippen molar-refractivity contribution in [2.45, 2.75) is 52.2 Å². The Bertz CT molecular complexity index is 362. The topological polar surface area (TPSA) is 21.3 Å². The highest BCUT2D eigenvalue weighted by molar-refractivity contribution is 7.11. The Labute approximate surface area is 109 Å². The van der Waals surface area contributed by atoms with Gasteiger partial charge in [0.15, 0.2) is 6.10 Å². The van der Waals surface area contributed by atoms with Gasteiger partial charge < -0.3 is 10.1 Å². The highest BCUT2D eigenvalue weighted by Gasteiger charge is 2.36. The van der Waals surface area contributed by atoms with E-state index < -0.39 is 12.3 Å². The zero-order valence-electron chi connectivity index (χ0n) is 10.7. The monoisotopic (exact) mass is 281 g/mol. The first-order valence-electron chi connectivity index (χ1n) is 5.78. The first-order valence-corrected chi connectivity index (χ1v) is 6.60. The predicted octanol–water partition coefficient (Wildman–Crippen LogP) is 3.71. The molecular weight excluding hydrogens is 263 g/mol. The van der Waals surface area contributed by atoms with Crippen LogP contribution in [0.25, 0.3) is 0 Å². The summed E-state index contributed by atoms with van der Waals surface area (Å²) in [5.41, 5.74) is 0. The summed E-state index contributed by atoms with van der Waals surface area (Å²) in [6, 6.07) is 4.11. The number of thiophene rings is 1. The molecular formula is C12H18F3NOS. The predicted molar refractivity (Wildman–Crippen MR) is 66.6 cm³/mol. The van der Waals surface area contributed by atoms with Crippen LogP contribution in [0.4, 0.5) is 13.2 Å². The van der Waals surface area contributed by atoms with Crippen molar-refractivity contribution in [3.63, 3.8) is 0 Å². The number of alkyl halides is 3. The number of halogens is 3. The van der Waals surface area contributed by atoms with Crippen molar-refractivity contribution >= 4 is 11.3 Å². The zero-order chi connectivity index (χ0) is 13.8. The van der Waals surface area contributed by atoms with E-state index in [-0.39, 0.29) is 6.61 Å². The average molecular weight is 281 g/mol. The summed E-state index contributed by atoms with van der Waals surface area (Å²) >= 11 is 1.47. The van der Waals surface area contributed by atoms with Gasteiger partial charge in [0.25, 0.3) is 0 Å². The Balaban J connectivity index is 2.40. The molecule has 2 nitrogen and oxygen atoms in total. The van der Waals surface area contributed by atoms with Gasteiger partial charge in [-0.05, 0) is 19.1 Å². The Kier molecular flexibility index (Phi) is 5.62. The molecule has 0 radical (unpaired) electrons. The Morgan fingerprint density at radius 3 is 2.39 bits per heavy atom. The van der Waals surface area contributed by atoms with E-state index in [2.05, 4.69) is 5.32 Å². The quantitative estimate of drug-likeness (QED) is 0.858. The summed E-state index contributed by atoms with van der Waals surface area (Å²) in [5.74, 6) is 0. The third-order valence-electron chi connectivity index (χ3n) is 2.34. The van der Waals surface area contributed by atoms with Gasteiger partial charge in [-0.2, -0.15) is 13.2 Å². The van der Waals surface area contributed by atoms with Crippen molar-refractivity contribution in [3.05, 3.63) is 21.9 Å². The standard InChI is InChI=1S/C12H18F3NOS/c1-8(2)16-6-10-4-5-11(18-10)7-17-9(3)12(13,14)15/h4-5,8-9,16H,6-7H2,1-3H3. The van der Waals surface area contributed by atoms with Gasteiger partial charge in [-0.3, -0.25) is 0 Å². The van der Waals surface area contributed by atoms with Crippen molar-refractivity contribution in [2.24, 2.45) is 0 Å². The summed E-state index contributed by atoms with van der Waals surface area (Å²) in [5, 5.41) is 3.25. The Morgan fingerprint density at radius 2 is 1.83 bits per heavy atom. The highest BCUT2D eigenvalue weighted by Crippen LogP contribution is 2.24. The number of nitrogens with one attached hydrogen (secondary N) is 1. The third kappa shape index (κ3) is 5.37. The van der Waals surface area contributed by atoms with Crippen LogP contribution in [0.2, 0.25) is 0 Å². The minimum Gasteiger partial charge on any atom is -0.364 e. The molecule has 0 aromatic carbocycles. The Hall–Kier alpha value is -0.590. The van der Waals surface area contributed by atoms with Crippen LogP contribution in [0.1, 0.15) is 30.5 Å². The fraction of sp³-hybridized carbons (Fsp3) is 0.667. The molecule has 1 heterocycles. The molecule has 1 aromatic rings. The lowest BCUT2D eigenvalue weighted by atomic mass is 10.3. The van der Waals surface area contributed by atoms with E-state index in [1.807, 2.05) is 26.0 Å². The van der Waals surface area contributed by atoms with Crippen LogP contribution in [0.5, 0.6) is 0 Å². The van der Waals surface area contributed by atoms with Gasteiger partial charge in [0, 0.05) is 22.3 Å². The van der Waals surface area contributed by atoms with E-state index in [4.69, 9.17) is 4.74 Å². The molecule has 1 atom stereocenters. The van der Waals surface area contributed by atoms with Gasteiger partial charge in [0.2, 0.25) is 0 Å². The highest BCUT2D eigenvalue weighted by atomic mass is 32.1. The first kappa shape index (κ1) is 15.5. The lowest BCUT2D eigenvalue weighted by molar-refractivity contribution is -0.217. The number of hydrogen-bond donors (Lipinski definition) is 1. The molecule has 0 saturated heterocycles. The SMILES string of the molecule is CC(C)NCc1ccc(COC(C)C(F)(F)F)s1. The molecule has 104 valence electrons. The molecule has 0 aliphatic heterocycles. The molecule has 0 aliphatic rings. The second-order valence-corrected chi connectivity index (χ2v) is 5.65. The van der Waals surface area contributed by atoms with Crippen molar-refractivity contribution < 1.29 is 17.9 Å². The van der Waals surface area contributed by atoms with E-state index in [9.17, 15) is 13.2 Å². The smallest absolute Gasteiger partial charge is 0.364 e. The van der Waals surface area contributed by atoms with Gasteiger partial charge in [-0.1, -0.05) is 13.8 Å². The van der Waals surface area contributed by atoms with Crippen LogP contribution < -0.4 is 5.32 Å². The maximum Gasteiger partial charge on any atom is 0.414 e. The van der Waals surface area contributed by atoms with Crippen molar-refractivity contribution in [1.82, 2.24) is 5.32 Å². The second-order valence-electron chi connectivity index (χ2n) is 4.40. The second kappa shape index (κ2) is 6.54. The lowest BCUT2D eigenvalue weighted by Gasteiger charge is -2.15. The fourth-order valence-electron chi connectivity index (χ4n) is 1.20. The summed E-state index contributed by atoms with van der Waals surface area (Å²) in [6.45, 7) is 5.85. The van der Waals surface area contributed by atoms with Crippen LogP contribution >= 0.6 is 11.3 Å². The minimum absolute atomic E-state index is 0.00697. The lowest BCUT2D eigenvalue weighted by Crippen LogP contribution is -2.28. The molecule has 0 bridgehead atoms. The van der Waals surface area contributed by atoms with E-state index in [1.54, 1.807) is 0 Å².